The summed E-state index contributed by atoms with van der Waals surface area (Å²) in [6.07, 6.45) is -1.17. The fraction of sp³-hybridized carbons (Fsp3) is 0.271. The zero-order valence-electron chi connectivity index (χ0n) is 41.1. The van der Waals surface area contributed by atoms with Gasteiger partial charge in [0.25, 0.3) is 5.91 Å². The average Bonchev–Trinajstić information content (AvgIpc) is 3.35. The van der Waals surface area contributed by atoms with Crippen LogP contribution in [-0.2, 0) is 25.6 Å². The SMILES string of the molecule is C=CCC(OCc1ccccc1)(C(=O)NN)C(F)(F)F.C=CCCCOc1nc(C(=O)O)c(Br)cc1C.COC(=O)c1nc(Br)c(C)cc1Br.COC(=O)c1nc(Br)c(C)cc1N.Cc1cc(Br)c(C(=O)O)nc1Br.Cl. The fourth-order valence-corrected chi connectivity index (χ4v) is 7.95. The summed E-state index contributed by atoms with van der Waals surface area (Å²) in [5.41, 5.74) is 8.82. The Labute approximate surface area is 492 Å². The van der Waals surface area contributed by atoms with Gasteiger partial charge >= 0.3 is 30.1 Å². The van der Waals surface area contributed by atoms with E-state index in [1.54, 1.807) is 48.5 Å². The number of aromatic nitrogens is 4. The van der Waals surface area contributed by atoms with Crippen LogP contribution in [0.1, 0.15) is 89.0 Å². The minimum Gasteiger partial charge on any atom is -0.477 e. The van der Waals surface area contributed by atoms with Gasteiger partial charge in [-0.1, -0.05) is 42.5 Å². The predicted octanol–water partition coefficient (Wildman–Crippen LogP) is 12.5. The summed E-state index contributed by atoms with van der Waals surface area (Å²) in [5, 5.41) is 17.6. The van der Waals surface area contributed by atoms with Crippen LogP contribution in [0.3, 0.4) is 0 Å². The van der Waals surface area contributed by atoms with Gasteiger partial charge in [-0.2, -0.15) is 13.2 Å². The van der Waals surface area contributed by atoms with Crippen molar-refractivity contribution in [1.29, 1.82) is 0 Å². The molecule has 0 spiro atoms. The highest BCUT2D eigenvalue weighted by atomic mass is 79.9. The number of hydrazine groups is 1. The second-order valence-corrected chi connectivity index (χ2v) is 19.6. The number of hydrogen-bond donors (Lipinski definition) is 5. The number of amides is 1. The number of hydrogen-bond acceptors (Lipinski definition) is 15. The number of allylic oxidation sites excluding steroid dienone is 1. The second-order valence-electron chi connectivity index (χ2n) is 14.8. The van der Waals surface area contributed by atoms with Crippen molar-refractivity contribution < 1.29 is 66.3 Å². The standard InChI is InChI=1S/C13H15F3N2O2.C12H14BrNO3.C8H7Br2NO2.C8H9BrN2O2.C7H5Br2NO2.ClH/c1-2-8-12(11(19)18-17,13(14,15)16)20-9-10-6-4-3-5-7-10;1-3-4-5-6-17-11-8(2)7-9(13)10(14-11)12(15)16;1-4-3-5(9)6(8(12)13-2)11-7(4)10;1-4-3-5(10)6(8(12)13-2)11-7(4)9;1-3-2-4(8)5(7(11)12)10-6(3)9;/h2-7H,1,8-9,17H2,(H,18,19);3,7H,1,4-6H2,2H3,(H,15,16);3H,1-2H3;3H,10H2,1-2H3;2H,1H3,(H,11,12);1H. The van der Waals surface area contributed by atoms with E-state index in [1.807, 2.05) is 39.8 Å². The topological polar surface area (TPSA) is 278 Å². The highest BCUT2D eigenvalue weighted by Crippen LogP contribution is 2.38. The van der Waals surface area contributed by atoms with E-state index in [0.717, 1.165) is 41.2 Å². The third-order valence-corrected chi connectivity index (χ3v) is 13.4. The van der Waals surface area contributed by atoms with Crippen molar-refractivity contribution in [2.24, 2.45) is 5.84 Å². The lowest BCUT2D eigenvalue weighted by molar-refractivity contribution is -0.269. The van der Waals surface area contributed by atoms with E-state index in [2.05, 4.69) is 138 Å². The van der Waals surface area contributed by atoms with E-state index in [4.69, 9.17) is 31.3 Å². The molecule has 7 N–H and O–H groups in total. The summed E-state index contributed by atoms with van der Waals surface area (Å²) < 4.78 is 62.4. The van der Waals surface area contributed by atoms with E-state index in [1.165, 1.54) is 19.6 Å². The van der Waals surface area contributed by atoms with E-state index in [0.29, 0.717) is 51.0 Å². The number of methoxy groups -OCH3 is 2. The number of carbonyl (C=O) groups excluding carboxylic acids is 3. The van der Waals surface area contributed by atoms with Gasteiger partial charge in [-0.3, -0.25) is 10.2 Å². The molecule has 4 aromatic heterocycles. The lowest BCUT2D eigenvalue weighted by Gasteiger charge is -2.32. The molecule has 414 valence electrons. The van der Waals surface area contributed by atoms with Crippen LogP contribution in [0.4, 0.5) is 18.9 Å². The first-order chi connectivity index (χ1) is 35.1. The third kappa shape index (κ3) is 22.2. The van der Waals surface area contributed by atoms with E-state index >= 15 is 0 Å². The number of carboxylic acids is 2. The minimum atomic E-state index is -4.92. The largest absolute Gasteiger partial charge is 0.477 e. The highest BCUT2D eigenvalue weighted by molar-refractivity contribution is 9.11. The number of esters is 2. The second kappa shape index (κ2) is 34.8. The van der Waals surface area contributed by atoms with Gasteiger partial charge in [0, 0.05) is 12.0 Å². The number of nitrogens with zero attached hydrogens (tertiary/aromatic N) is 4. The van der Waals surface area contributed by atoms with Gasteiger partial charge in [0.1, 0.15) is 13.8 Å². The van der Waals surface area contributed by atoms with Crippen LogP contribution in [0.5, 0.6) is 5.88 Å². The Morgan fingerprint density at radius 1 is 0.684 bits per heavy atom. The van der Waals surface area contributed by atoms with Gasteiger partial charge in [0.15, 0.2) is 22.8 Å². The Morgan fingerprint density at radius 2 is 1.12 bits per heavy atom. The number of aryl methyl sites for hydroxylation is 4. The molecular weight excluding hydrogens is 1420 g/mol. The Kier molecular flexibility index (Phi) is 32.6. The molecule has 76 heavy (non-hydrogen) atoms. The molecule has 0 aliphatic carbocycles. The van der Waals surface area contributed by atoms with Crippen molar-refractivity contribution >= 4 is 143 Å². The van der Waals surface area contributed by atoms with Gasteiger partial charge in [0.05, 0.1) is 46.5 Å². The average molecular weight is 1470 g/mol. The molecular formula is C48H51Br6ClF3N7O11. The number of unbranched alkanes of at least 4 members (excludes halogenated alkanes) is 1. The smallest absolute Gasteiger partial charge is 0.427 e. The maximum atomic E-state index is 13.2. The Bertz CT molecular complexity index is 2750. The van der Waals surface area contributed by atoms with Gasteiger partial charge < -0.3 is 34.9 Å². The molecule has 4 heterocycles. The molecule has 0 aliphatic rings. The van der Waals surface area contributed by atoms with E-state index < -0.39 is 48.0 Å². The van der Waals surface area contributed by atoms with Crippen molar-refractivity contribution in [2.75, 3.05) is 26.6 Å². The van der Waals surface area contributed by atoms with Crippen molar-refractivity contribution in [3.63, 3.8) is 0 Å². The van der Waals surface area contributed by atoms with Gasteiger partial charge in [-0.25, -0.2) is 45.0 Å². The molecule has 0 bridgehead atoms. The molecule has 28 heteroatoms. The number of rotatable bonds is 15. The zero-order valence-corrected chi connectivity index (χ0v) is 51.5. The molecule has 0 fully saturated rings. The van der Waals surface area contributed by atoms with Crippen LogP contribution < -0.4 is 21.7 Å². The summed E-state index contributed by atoms with van der Waals surface area (Å²) in [7, 11) is 2.61. The first-order valence-corrected chi connectivity index (χ1v) is 25.8. The van der Waals surface area contributed by atoms with Crippen LogP contribution in [0, 0.1) is 27.7 Å². The molecule has 5 aromatic rings. The molecule has 0 radical (unpaired) electrons. The predicted molar refractivity (Wildman–Crippen MR) is 302 cm³/mol. The molecule has 1 amide bonds. The summed E-state index contributed by atoms with van der Waals surface area (Å²) >= 11 is 19.1. The normalized spacial score (nSPS) is 10.9. The quantitative estimate of drug-likeness (QED) is 0.0124. The Hall–Kier alpha value is -4.87. The molecule has 0 saturated carbocycles. The number of alkyl halides is 3. The summed E-state index contributed by atoms with van der Waals surface area (Å²) in [5.74, 6) is 0.657. The molecule has 1 unspecified atom stereocenters. The van der Waals surface area contributed by atoms with Crippen molar-refractivity contribution in [1.82, 2.24) is 25.4 Å². The fourth-order valence-electron chi connectivity index (χ4n) is 5.28. The highest BCUT2D eigenvalue weighted by Gasteiger charge is 2.61. The number of carboxylic acid groups (broad SMARTS) is 2. The molecule has 5 rings (SSSR count). The molecule has 1 atom stereocenters. The number of nitrogens with one attached hydrogen (secondary N) is 1. The van der Waals surface area contributed by atoms with Crippen molar-refractivity contribution in [3.8, 4) is 5.88 Å². The number of aromatic carboxylic acids is 2. The number of ether oxygens (including phenoxy) is 4. The third-order valence-electron chi connectivity index (χ3n) is 9.18. The number of pyridine rings is 4. The van der Waals surface area contributed by atoms with Crippen LogP contribution in [0.15, 0.2) is 107 Å². The zero-order chi connectivity index (χ0) is 57.4. The van der Waals surface area contributed by atoms with Crippen LogP contribution in [0.25, 0.3) is 0 Å². The number of carbonyl (C=O) groups is 5. The number of benzene rings is 1. The van der Waals surface area contributed by atoms with Crippen LogP contribution >= 0.6 is 108 Å². The van der Waals surface area contributed by atoms with E-state index in [-0.39, 0.29) is 41.8 Å². The summed E-state index contributed by atoms with van der Waals surface area (Å²) in [6, 6.07) is 15.1. The van der Waals surface area contributed by atoms with Crippen molar-refractivity contribution in [3.05, 3.63) is 158 Å². The Balaban J connectivity index is 0.000000934. The molecule has 18 nitrogen and oxygen atoms in total. The van der Waals surface area contributed by atoms with Crippen LogP contribution in [0.2, 0.25) is 0 Å². The number of anilines is 1. The lowest BCUT2D eigenvalue weighted by atomic mass is 9.97. The van der Waals surface area contributed by atoms with Gasteiger partial charge in [-0.05, 0) is 183 Å². The first-order valence-electron chi connectivity index (χ1n) is 21.1. The number of nitrogens with two attached hydrogens (primary N) is 2. The summed E-state index contributed by atoms with van der Waals surface area (Å²) in [4.78, 5) is 71.1. The maximum absolute atomic E-state index is 13.2. The molecule has 0 aliphatic heterocycles. The Morgan fingerprint density at radius 3 is 1.57 bits per heavy atom. The maximum Gasteiger partial charge on any atom is 0.427 e. The number of nitrogen functional groups attached to an aromatic ring is 1. The lowest BCUT2D eigenvalue weighted by Crippen LogP contribution is -2.59. The molecule has 1 aromatic carbocycles. The van der Waals surface area contributed by atoms with Crippen LogP contribution in [-0.4, -0.2) is 92.5 Å². The first kappa shape index (κ1) is 71.1. The van der Waals surface area contributed by atoms with Gasteiger partial charge in [0.2, 0.25) is 11.5 Å². The van der Waals surface area contributed by atoms with Gasteiger partial charge in [-0.15, -0.1) is 25.6 Å². The molecule has 0 saturated heterocycles. The number of halogens is 10. The van der Waals surface area contributed by atoms with E-state index in [9.17, 15) is 37.1 Å². The monoisotopic (exact) mass is 1470 g/mol. The minimum absolute atomic E-state index is 0. The van der Waals surface area contributed by atoms with Crippen molar-refractivity contribution in [2.45, 2.75) is 65.3 Å². The summed E-state index contributed by atoms with van der Waals surface area (Å²) in [6.45, 7) is 14.4.